The third kappa shape index (κ3) is 2.39. The Morgan fingerprint density at radius 3 is 2.67 bits per heavy atom. The van der Waals surface area contributed by atoms with Gasteiger partial charge in [0.2, 0.25) is 0 Å². The molecule has 1 atom stereocenters. The third-order valence-corrected chi connectivity index (χ3v) is 3.64. The fourth-order valence-corrected chi connectivity index (χ4v) is 2.65. The molecule has 1 aliphatic rings. The lowest BCUT2D eigenvalue weighted by Crippen LogP contribution is -2.43. The Bertz CT molecular complexity index is 529. The van der Waals surface area contributed by atoms with Gasteiger partial charge in [0.1, 0.15) is 18.4 Å². The summed E-state index contributed by atoms with van der Waals surface area (Å²) < 4.78 is 33.5. The summed E-state index contributed by atoms with van der Waals surface area (Å²) in [5.74, 6) is 0.0777. The maximum absolute atomic E-state index is 11.9. The smallest absolute Gasteiger partial charge is 0.426 e. The summed E-state index contributed by atoms with van der Waals surface area (Å²) in [4.78, 5) is 11.3. The number of amides is 1. The molecule has 98 valence electrons. The fraction of sp³-hybridized carbons (Fsp3) is 0.300. The van der Waals surface area contributed by atoms with Crippen molar-refractivity contribution in [3.05, 3.63) is 30.3 Å². The zero-order valence-corrected chi connectivity index (χ0v) is 10.0. The van der Waals surface area contributed by atoms with E-state index in [1.807, 2.05) is 0 Å². The number of benzene rings is 1. The van der Waals surface area contributed by atoms with Crippen LogP contribution < -0.4 is 4.18 Å². The van der Waals surface area contributed by atoms with Crippen LogP contribution in [0.2, 0.25) is 0 Å². The van der Waals surface area contributed by atoms with E-state index in [-0.39, 0.29) is 12.4 Å². The van der Waals surface area contributed by atoms with Crippen LogP contribution in [0.25, 0.3) is 0 Å². The van der Waals surface area contributed by atoms with Gasteiger partial charge >= 0.3 is 16.4 Å². The van der Waals surface area contributed by atoms with Crippen molar-refractivity contribution in [2.24, 2.45) is 0 Å². The molecule has 8 heteroatoms. The Balaban J connectivity index is 2.23. The molecule has 0 aromatic heterocycles. The number of carbonyl (C=O) groups is 1. The van der Waals surface area contributed by atoms with Gasteiger partial charge < -0.3 is 14.0 Å². The first-order chi connectivity index (χ1) is 8.54. The van der Waals surface area contributed by atoms with E-state index in [9.17, 15) is 13.2 Å². The summed E-state index contributed by atoms with van der Waals surface area (Å²) in [6.07, 6.45) is -1.05. The normalized spacial score (nSPS) is 19.7. The average Bonchev–Trinajstić information content (AvgIpc) is 2.72. The number of nitrogens with zero attached hydrogens (tertiary/aromatic N) is 1. The van der Waals surface area contributed by atoms with Gasteiger partial charge in [-0.25, -0.2) is 4.79 Å². The van der Waals surface area contributed by atoms with Crippen molar-refractivity contribution in [3.8, 4) is 5.75 Å². The van der Waals surface area contributed by atoms with Crippen molar-refractivity contribution in [1.82, 2.24) is 4.31 Å². The summed E-state index contributed by atoms with van der Waals surface area (Å²) in [7, 11) is -4.32. The van der Waals surface area contributed by atoms with Crippen LogP contribution in [0.1, 0.15) is 0 Å². The summed E-state index contributed by atoms with van der Waals surface area (Å²) in [5.41, 5.74) is 0. The van der Waals surface area contributed by atoms with Gasteiger partial charge in [-0.1, -0.05) is 18.2 Å². The van der Waals surface area contributed by atoms with Crippen LogP contribution in [-0.2, 0) is 15.0 Å². The van der Waals surface area contributed by atoms with Crippen molar-refractivity contribution in [1.29, 1.82) is 0 Å². The lowest BCUT2D eigenvalue weighted by Gasteiger charge is -2.18. The van der Waals surface area contributed by atoms with Crippen LogP contribution in [0.3, 0.4) is 0 Å². The van der Waals surface area contributed by atoms with Crippen LogP contribution in [0.4, 0.5) is 4.79 Å². The molecule has 1 fully saturated rings. The maximum atomic E-state index is 11.9. The first kappa shape index (κ1) is 12.7. The highest BCUT2D eigenvalue weighted by molar-refractivity contribution is 7.85. The van der Waals surface area contributed by atoms with Crippen LogP contribution >= 0.6 is 0 Å². The number of rotatable bonds is 4. The molecule has 0 saturated carbocycles. The van der Waals surface area contributed by atoms with Gasteiger partial charge in [-0.3, -0.25) is 0 Å². The molecule has 0 aliphatic carbocycles. The lowest BCUT2D eigenvalue weighted by atomic mass is 10.3. The summed E-state index contributed by atoms with van der Waals surface area (Å²) >= 11 is 0. The molecule has 1 aromatic rings. The molecule has 18 heavy (non-hydrogen) atoms. The Hall–Kier alpha value is -1.80. The zero-order valence-electron chi connectivity index (χ0n) is 9.22. The van der Waals surface area contributed by atoms with Crippen LogP contribution in [-0.4, -0.2) is 43.2 Å². The summed E-state index contributed by atoms with van der Waals surface area (Å²) in [5, 5.41) is 8.99. The van der Waals surface area contributed by atoms with Gasteiger partial charge in [0.15, 0.2) is 0 Å². The molecular weight excluding hydrogens is 262 g/mol. The molecule has 1 heterocycles. The first-order valence-electron chi connectivity index (χ1n) is 5.11. The van der Waals surface area contributed by atoms with Gasteiger partial charge in [0.25, 0.3) is 0 Å². The van der Waals surface area contributed by atoms with Gasteiger partial charge in [0, 0.05) is 0 Å². The van der Waals surface area contributed by atoms with Crippen LogP contribution in [0, 0.1) is 0 Å². The van der Waals surface area contributed by atoms with E-state index in [0.29, 0.717) is 4.31 Å². The van der Waals surface area contributed by atoms with Crippen molar-refractivity contribution >= 4 is 16.4 Å². The van der Waals surface area contributed by atoms with E-state index in [1.165, 1.54) is 12.1 Å². The number of aliphatic hydroxyl groups is 1. The molecule has 1 aliphatic heterocycles. The topological polar surface area (TPSA) is 93.1 Å². The second-order valence-electron chi connectivity index (χ2n) is 3.56. The molecule has 0 radical (unpaired) electrons. The van der Waals surface area contributed by atoms with Crippen molar-refractivity contribution in [2.45, 2.75) is 6.04 Å². The number of carbonyl (C=O) groups excluding carboxylic acids is 1. The second-order valence-corrected chi connectivity index (χ2v) is 4.98. The van der Waals surface area contributed by atoms with Crippen molar-refractivity contribution < 1.29 is 27.2 Å². The molecule has 0 spiro atoms. The number of aliphatic hydroxyl groups excluding tert-OH is 1. The quantitative estimate of drug-likeness (QED) is 0.837. The predicted octanol–water partition coefficient (Wildman–Crippen LogP) is 0.123. The zero-order chi connectivity index (χ0) is 13.2. The highest BCUT2D eigenvalue weighted by Gasteiger charge is 2.43. The maximum Gasteiger partial charge on any atom is 0.426 e. The number of ether oxygens (including phenoxy) is 1. The largest absolute Gasteiger partial charge is 0.446 e. The summed E-state index contributed by atoms with van der Waals surface area (Å²) in [6.45, 7) is -0.712. The van der Waals surface area contributed by atoms with E-state index >= 15 is 0 Å². The minimum atomic E-state index is -4.32. The highest BCUT2D eigenvalue weighted by atomic mass is 32.2. The van der Waals surface area contributed by atoms with Crippen LogP contribution in [0.15, 0.2) is 30.3 Å². The van der Waals surface area contributed by atoms with E-state index < -0.39 is 29.0 Å². The Morgan fingerprint density at radius 2 is 2.06 bits per heavy atom. The molecule has 0 bridgehead atoms. The molecular formula is C10H11NO6S. The first-order valence-corrected chi connectivity index (χ1v) is 6.47. The van der Waals surface area contributed by atoms with Crippen molar-refractivity contribution in [3.63, 3.8) is 0 Å². The standard InChI is InChI=1S/C10H11NO6S/c12-6-8-7-16-10(13)11(8)18(14,15)17-9-4-2-1-3-5-9/h1-5,8,12H,6-7H2. The number of cyclic esters (lactones) is 1. The molecule has 1 amide bonds. The van der Waals surface area contributed by atoms with Gasteiger partial charge in [0.05, 0.1) is 6.61 Å². The minimum absolute atomic E-state index is 0.0777. The molecule has 7 nitrogen and oxygen atoms in total. The lowest BCUT2D eigenvalue weighted by molar-refractivity contribution is 0.168. The predicted molar refractivity (Wildman–Crippen MR) is 60.1 cm³/mol. The van der Waals surface area contributed by atoms with Crippen LogP contribution in [0.5, 0.6) is 5.75 Å². The summed E-state index contributed by atoms with van der Waals surface area (Å²) in [6, 6.07) is 6.80. The Kier molecular flexibility index (Phi) is 3.39. The molecule has 1 aromatic carbocycles. The molecule has 2 rings (SSSR count). The fourth-order valence-electron chi connectivity index (χ4n) is 1.49. The minimum Gasteiger partial charge on any atom is -0.446 e. The van der Waals surface area contributed by atoms with E-state index in [0.717, 1.165) is 0 Å². The molecule has 1 saturated heterocycles. The number of para-hydroxylation sites is 1. The van der Waals surface area contributed by atoms with Gasteiger partial charge in [-0.2, -0.15) is 12.7 Å². The van der Waals surface area contributed by atoms with Crippen molar-refractivity contribution in [2.75, 3.05) is 13.2 Å². The SMILES string of the molecule is O=C1OCC(CO)N1S(=O)(=O)Oc1ccccc1. The van der Waals surface area contributed by atoms with E-state index in [4.69, 9.17) is 9.29 Å². The van der Waals surface area contributed by atoms with E-state index in [2.05, 4.69) is 4.74 Å². The molecule has 1 N–H and O–H groups in total. The Labute approximate surface area is 104 Å². The second kappa shape index (κ2) is 4.83. The van der Waals surface area contributed by atoms with E-state index in [1.54, 1.807) is 18.2 Å². The number of hydrogen-bond acceptors (Lipinski definition) is 6. The third-order valence-electron chi connectivity index (χ3n) is 2.31. The average molecular weight is 273 g/mol. The monoisotopic (exact) mass is 273 g/mol. The number of hydrogen-bond donors (Lipinski definition) is 1. The molecule has 1 unspecified atom stereocenters. The highest BCUT2D eigenvalue weighted by Crippen LogP contribution is 2.20. The van der Waals surface area contributed by atoms with Gasteiger partial charge in [-0.15, -0.1) is 0 Å². The Morgan fingerprint density at radius 1 is 1.39 bits per heavy atom. The van der Waals surface area contributed by atoms with Gasteiger partial charge in [-0.05, 0) is 12.1 Å².